The number of carbonyl (C=O) groups excluding carboxylic acids is 1. The second kappa shape index (κ2) is 5.51. The van der Waals surface area contributed by atoms with Gasteiger partial charge < -0.3 is 4.74 Å². The molecule has 1 aromatic carbocycles. The number of ether oxygens (including phenoxy) is 1. The normalized spacial score (nSPS) is 12.5. The minimum Gasteiger partial charge on any atom is -0.460 e. The summed E-state index contributed by atoms with van der Waals surface area (Å²) in [5, 5.41) is 0. The third kappa shape index (κ3) is 3.72. The van der Waals surface area contributed by atoms with E-state index in [-0.39, 0.29) is 12.0 Å². The van der Waals surface area contributed by atoms with Crippen LogP contribution < -0.4 is 0 Å². The van der Waals surface area contributed by atoms with Crippen molar-refractivity contribution in [3.05, 3.63) is 35.9 Å². The van der Waals surface area contributed by atoms with E-state index in [2.05, 4.69) is 0 Å². The summed E-state index contributed by atoms with van der Waals surface area (Å²) >= 11 is 0. The first-order chi connectivity index (χ1) is 7.11. The van der Waals surface area contributed by atoms with Gasteiger partial charge in [0, 0.05) is 0 Å². The van der Waals surface area contributed by atoms with E-state index in [0.717, 1.165) is 5.56 Å². The van der Waals surface area contributed by atoms with Crippen molar-refractivity contribution >= 4 is 5.97 Å². The van der Waals surface area contributed by atoms with Crippen LogP contribution in [-0.2, 0) is 16.1 Å². The molecule has 0 saturated carbocycles. The smallest absolute Gasteiger partial charge is 0.323 e. The van der Waals surface area contributed by atoms with Crippen molar-refractivity contribution in [1.29, 1.82) is 0 Å². The summed E-state index contributed by atoms with van der Waals surface area (Å²) in [4.78, 5) is 13.3. The van der Waals surface area contributed by atoms with E-state index >= 15 is 0 Å². The van der Waals surface area contributed by atoms with Gasteiger partial charge in [-0.15, -0.1) is 0 Å². The van der Waals surface area contributed by atoms with Crippen molar-refractivity contribution in [3.63, 3.8) is 0 Å². The first kappa shape index (κ1) is 11.7. The zero-order chi connectivity index (χ0) is 11.3. The Balaban J connectivity index is 2.41. The summed E-state index contributed by atoms with van der Waals surface area (Å²) in [6, 6.07) is 9.47. The highest BCUT2D eigenvalue weighted by Gasteiger charge is 2.15. The van der Waals surface area contributed by atoms with E-state index in [0.29, 0.717) is 6.61 Å². The molecular formula is C12H17NO2. The molecule has 0 aromatic heterocycles. The summed E-state index contributed by atoms with van der Waals surface area (Å²) in [6.45, 7) is 2.17. The molecule has 1 aromatic rings. The fourth-order valence-corrected chi connectivity index (χ4v) is 1.06. The molecule has 0 spiro atoms. The van der Waals surface area contributed by atoms with Crippen LogP contribution in [0, 0.1) is 0 Å². The molecule has 3 nitrogen and oxygen atoms in total. The molecule has 0 bridgehead atoms. The van der Waals surface area contributed by atoms with Gasteiger partial charge in [0.15, 0.2) is 0 Å². The summed E-state index contributed by atoms with van der Waals surface area (Å²) in [7, 11) is 3.71. The number of esters is 1. The molecule has 1 rings (SSSR count). The van der Waals surface area contributed by atoms with E-state index in [1.54, 1.807) is 0 Å². The average molecular weight is 207 g/mol. The lowest BCUT2D eigenvalue weighted by molar-refractivity contribution is -0.149. The molecule has 0 unspecified atom stereocenters. The number of hydrogen-bond donors (Lipinski definition) is 0. The van der Waals surface area contributed by atoms with Gasteiger partial charge in [0.05, 0.1) is 0 Å². The van der Waals surface area contributed by atoms with Crippen molar-refractivity contribution in [2.24, 2.45) is 0 Å². The molecule has 15 heavy (non-hydrogen) atoms. The maximum atomic E-state index is 11.5. The van der Waals surface area contributed by atoms with Crippen molar-refractivity contribution in [3.8, 4) is 0 Å². The van der Waals surface area contributed by atoms with Crippen LogP contribution in [0.5, 0.6) is 0 Å². The lowest BCUT2D eigenvalue weighted by Gasteiger charge is -2.17. The van der Waals surface area contributed by atoms with E-state index in [1.807, 2.05) is 56.3 Å². The molecule has 0 N–H and O–H groups in total. The SMILES string of the molecule is C[C@H](C(=O)OCc1ccccc1)N(C)C. The molecule has 1 atom stereocenters. The van der Waals surface area contributed by atoms with Crippen molar-refractivity contribution in [2.45, 2.75) is 19.6 Å². The van der Waals surface area contributed by atoms with Gasteiger partial charge in [-0.3, -0.25) is 9.69 Å². The first-order valence-electron chi connectivity index (χ1n) is 4.98. The summed E-state index contributed by atoms with van der Waals surface area (Å²) in [6.07, 6.45) is 0. The fourth-order valence-electron chi connectivity index (χ4n) is 1.06. The Kier molecular flexibility index (Phi) is 4.31. The highest BCUT2D eigenvalue weighted by Crippen LogP contribution is 2.03. The number of hydrogen-bond acceptors (Lipinski definition) is 3. The number of carbonyl (C=O) groups is 1. The molecule has 0 aliphatic carbocycles. The maximum absolute atomic E-state index is 11.5. The van der Waals surface area contributed by atoms with Crippen LogP contribution in [0.2, 0.25) is 0 Å². The molecular weight excluding hydrogens is 190 g/mol. The Morgan fingerprint density at radius 1 is 1.33 bits per heavy atom. The molecule has 0 radical (unpaired) electrons. The zero-order valence-electron chi connectivity index (χ0n) is 9.43. The standard InChI is InChI=1S/C12H17NO2/c1-10(13(2)3)12(14)15-9-11-7-5-4-6-8-11/h4-8,10H,9H2,1-3H3/t10-/m1/s1. The lowest BCUT2D eigenvalue weighted by Crippen LogP contribution is -2.34. The van der Waals surface area contributed by atoms with E-state index < -0.39 is 0 Å². The number of likely N-dealkylation sites (N-methyl/N-ethyl adjacent to an activating group) is 1. The Labute approximate surface area is 90.7 Å². The minimum absolute atomic E-state index is 0.191. The van der Waals surface area contributed by atoms with Gasteiger partial charge in [0.1, 0.15) is 12.6 Å². The highest BCUT2D eigenvalue weighted by molar-refractivity contribution is 5.75. The third-order valence-corrected chi connectivity index (χ3v) is 2.34. The Hall–Kier alpha value is -1.35. The van der Waals surface area contributed by atoms with Crippen LogP contribution in [0.3, 0.4) is 0 Å². The second-order valence-corrected chi connectivity index (χ2v) is 3.73. The quantitative estimate of drug-likeness (QED) is 0.703. The second-order valence-electron chi connectivity index (χ2n) is 3.73. The Morgan fingerprint density at radius 3 is 2.47 bits per heavy atom. The van der Waals surface area contributed by atoms with Gasteiger partial charge in [-0.05, 0) is 26.6 Å². The van der Waals surface area contributed by atoms with E-state index in [9.17, 15) is 4.79 Å². The third-order valence-electron chi connectivity index (χ3n) is 2.34. The Morgan fingerprint density at radius 2 is 1.93 bits per heavy atom. The summed E-state index contributed by atoms with van der Waals surface area (Å²) in [5.74, 6) is -0.191. The molecule has 3 heteroatoms. The van der Waals surface area contributed by atoms with Crippen molar-refractivity contribution < 1.29 is 9.53 Å². The van der Waals surface area contributed by atoms with E-state index in [1.165, 1.54) is 0 Å². The molecule has 0 aliphatic rings. The van der Waals surface area contributed by atoms with Gasteiger partial charge in [-0.1, -0.05) is 30.3 Å². The molecule has 0 fully saturated rings. The van der Waals surface area contributed by atoms with Gasteiger partial charge >= 0.3 is 5.97 Å². The van der Waals surface area contributed by atoms with Crippen LogP contribution >= 0.6 is 0 Å². The van der Waals surface area contributed by atoms with Crippen LogP contribution in [0.1, 0.15) is 12.5 Å². The number of nitrogens with zero attached hydrogens (tertiary/aromatic N) is 1. The number of rotatable bonds is 4. The van der Waals surface area contributed by atoms with Crippen LogP contribution in [0.15, 0.2) is 30.3 Å². The predicted molar refractivity (Wildman–Crippen MR) is 59.4 cm³/mol. The minimum atomic E-state index is -0.200. The number of benzene rings is 1. The van der Waals surface area contributed by atoms with Crippen LogP contribution in [0.4, 0.5) is 0 Å². The predicted octanol–water partition coefficient (Wildman–Crippen LogP) is 1.68. The van der Waals surface area contributed by atoms with Gasteiger partial charge in [-0.25, -0.2) is 0 Å². The zero-order valence-corrected chi connectivity index (χ0v) is 9.43. The summed E-state index contributed by atoms with van der Waals surface area (Å²) < 4.78 is 5.17. The van der Waals surface area contributed by atoms with Gasteiger partial charge in [-0.2, -0.15) is 0 Å². The molecule has 0 amide bonds. The monoisotopic (exact) mass is 207 g/mol. The lowest BCUT2D eigenvalue weighted by atomic mass is 10.2. The largest absolute Gasteiger partial charge is 0.460 e. The van der Waals surface area contributed by atoms with Crippen molar-refractivity contribution in [1.82, 2.24) is 4.90 Å². The van der Waals surface area contributed by atoms with Gasteiger partial charge in [0.2, 0.25) is 0 Å². The molecule has 0 aliphatic heterocycles. The molecule has 0 heterocycles. The fraction of sp³-hybridized carbons (Fsp3) is 0.417. The topological polar surface area (TPSA) is 29.5 Å². The maximum Gasteiger partial charge on any atom is 0.323 e. The van der Waals surface area contributed by atoms with E-state index in [4.69, 9.17) is 4.74 Å². The van der Waals surface area contributed by atoms with Crippen LogP contribution in [0.25, 0.3) is 0 Å². The molecule has 0 saturated heterocycles. The van der Waals surface area contributed by atoms with Crippen molar-refractivity contribution in [2.75, 3.05) is 14.1 Å². The average Bonchev–Trinajstić information content (AvgIpc) is 2.26. The Bertz CT molecular complexity index is 309. The van der Waals surface area contributed by atoms with Gasteiger partial charge in [0.25, 0.3) is 0 Å². The summed E-state index contributed by atoms with van der Waals surface area (Å²) in [5.41, 5.74) is 1.01. The first-order valence-corrected chi connectivity index (χ1v) is 4.98. The van der Waals surface area contributed by atoms with Crippen LogP contribution in [-0.4, -0.2) is 31.0 Å². The molecule has 82 valence electrons. The highest BCUT2D eigenvalue weighted by atomic mass is 16.5.